The van der Waals surface area contributed by atoms with Crippen LogP contribution in [-0.4, -0.2) is 55.5 Å². The molecule has 0 bridgehead atoms. The van der Waals surface area contributed by atoms with E-state index in [0.29, 0.717) is 25.9 Å². The van der Waals surface area contributed by atoms with Gasteiger partial charge in [0.05, 0.1) is 13.2 Å². The summed E-state index contributed by atoms with van der Waals surface area (Å²) in [6.07, 6.45) is 4.86. The fourth-order valence-electron chi connectivity index (χ4n) is 4.69. The number of hydrogen-bond donors (Lipinski definition) is 1. The Kier molecular flexibility index (Phi) is 5.85. The molecule has 2 atom stereocenters. The second-order valence-corrected chi connectivity index (χ2v) is 8.69. The average molecular weight is 411 g/mol. The number of anilines is 1. The third-order valence-electron chi connectivity index (χ3n) is 6.76. The number of ether oxygens (including phenoxy) is 1. The molecule has 1 heterocycles. The van der Waals surface area contributed by atoms with Gasteiger partial charge in [0.25, 0.3) is 0 Å². The molecule has 3 aliphatic rings. The Morgan fingerprint density at radius 1 is 1.13 bits per heavy atom. The van der Waals surface area contributed by atoms with Crippen molar-refractivity contribution in [2.45, 2.75) is 44.1 Å². The molecule has 1 aromatic rings. The summed E-state index contributed by atoms with van der Waals surface area (Å²) in [5.74, 6) is 0.238. The van der Waals surface area contributed by atoms with Crippen molar-refractivity contribution in [1.82, 2.24) is 10.2 Å². The molecule has 1 saturated heterocycles. The molecule has 1 N–H and O–H groups in total. The predicted octanol–water partition coefficient (Wildman–Crippen LogP) is 2.32. The standard InChI is InChI=1S/C23H30N4O3/c1-30-18-6-4-5-17(15-18)26-11-13-27(14-12-26)22(29)20-8-3-2-7-19(20)21(28)25-23(16-24)9-10-23/h4-6,15,19-20H,2-3,7-14H2,1H3,(H,25,28)/t19-,20?/m1/s1. The van der Waals surface area contributed by atoms with Crippen molar-refractivity contribution in [3.63, 3.8) is 0 Å². The van der Waals surface area contributed by atoms with Gasteiger partial charge < -0.3 is 19.9 Å². The maximum Gasteiger partial charge on any atom is 0.226 e. The van der Waals surface area contributed by atoms with Crippen LogP contribution in [0.4, 0.5) is 5.69 Å². The fourth-order valence-corrected chi connectivity index (χ4v) is 4.69. The lowest BCUT2D eigenvalue weighted by atomic mass is 9.77. The van der Waals surface area contributed by atoms with Crippen LogP contribution in [0.5, 0.6) is 5.75 Å². The summed E-state index contributed by atoms with van der Waals surface area (Å²) in [6, 6.07) is 10.2. The molecular weight excluding hydrogens is 380 g/mol. The van der Waals surface area contributed by atoms with Crippen LogP contribution in [0.15, 0.2) is 24.3 Å². The monoisotopic (exact) mass is 410 g/mol. The lowest BCUT2D eigenvalue weighted by molar-refractivity contribution is -0.144. The number of rotatable bonds is 5. The molecule has 30 heavy (non-hydrogen) atoms. The molecule has 1 aliphatic heterocycles. The summed E-state index contributed by atoms with van der Waals surface area (Å²) in [5.41, 5.74) is 0.424. The molecule has 7 nitrogen and oxygen atoms in total. The third-order valence-corrected chi connectivity index (χ3v) is 6.76. The first-order valence-electron chi connectivity index (χ1n) is 11.0. The quantitative estimate of drug-likeness (QED) is 0.805. The highest BCUT2D eigenvalue weighted by Gasteiger charge is 2.47. The molecule has 2 aliphatic carbocycles. The number of carbonyl (C=O) groups is 2. The van der Waals surface area contributed by atoms with Crippen LogP contribution in [0, 0.1) is 23.2 Å². The normalized spacial score (nSPS) is 25.2. The van der Waals surface area contributed by atoms with Crippen molar-refractivity contribution >= 4 is 17.5 Å². The lowest BCUT2D eigenvalue weighted by Gasteiger charge is -2.39. The van der Waals surface area contributed by atoms with E-state index in [2.05, 4.69) is 22.4 Å². The van der Waals surface area contributed by atoms with E-state index in [4.69, 9.17) is 4.74 Å². The number of benzene rings is 1. The van der Waals surface area contributed by atoms with Gasteiger partial charge in [-0.3, -0.25) is 9.59 Å². The highest BCUT2D eigenvalue weighted by Crippen LogP contribution is 2.37. The Hall–Kier alpha value is -2.75. The zero-order valence-electron chi connectivity index (χ0n) is 17.6. The van der Waals surface area contributed by atoms with Crippen molar-refractivity contribution in [3.8, 4) is 11.8 Å². The largest absolute Gasteiger partial charge is 0.497 e. The summed E-state index contributed by atoms with van der Waals surface area (Å²) < 4.78 is 5.32. The van der Waals surface area contributed by atoms with E-state index >= 15 is 0 Å². The molecule has 1 unspecified atom stereocenters. The van der Waals surface area contributed by atoms with Crippen molar-refractivity contribution in [1.29, 1.82) is 5.26 Å². The number of nitrogens with one attached hydrogen (secondary N) is 1. The number of nitrogens with zero attached hydrogens (tertiary/aromatic N) is 3. The maximum atomic E-state index is 13.3. The molecule has 0 spiro atoms. The van der Waals surface area contributed by atoms with E-state index in [1.54, 1.807) is 7.11 Å². The van der Waals surface area contributed by atoms with Crippen LogP contribution in [0.1, 0.15) is 38.5 Å². The summed E-state index contributed by atoms with van der Waals surface area (Å²) in [5, 5.41) is 12.2. The second kappa shape index (κ2) is 8.55. The number of piperazine rings is 1. The Morgan fingerprint density at radius 3 is 2.47 bits per heavy atom. The first kappa shape index (κ1) is 20.5. The summed E-state index contributed by atoms with van der Waals surface area (Å²) in [6.45, 7) is 2.84. The highest BCUT2D eigenvalue weighted by atomic mass is 16.5. The van der Waals surface area contributed by atoms with Crippen molar-refractivity contribution < 1.29 is 14.3 Å². The van der Waals surface area contributed by atoms with Gasteiger partial charge in [-0.1, -0.05) is 18.9 Å². The van der Waals surface area contributed by atoms with Gasteiger partial charge >= 0.3 is 0 Å². The summed E-state index contributed by atoms with van der Waals surface area (Å²) in [4.78, 5) is 30.3. The minimum atomic E-state index is -0.676. The molecular formula is C23H30N4O3. The molecule has 7 heteroatoms. The molecule has 2 saturated carbocycles. The van der Waals surface area contributed by atoms with Crippen molar-refractivity contribution in [2.75, 3.05) is 38.2 Å². The lowest BCUT2D eigenvalue weighted by Crippen LogP contribution is -2.53. The van der Waals surface area contributed by atoms with Crippen LogP contribution in [0.2, 0.25) is 0 Å². The zero-order chi connectivity index (χ0) is 21.1. The molecule has 160 valence electrons. The minimum Gasteiger partial charge on any atom is -0.497 e. The van der Waals surface area contributed by atoms with E-state index in [9.17, 15) is 14.9 Å². The smallest absolute Gasteiger partial charge is 0.226 e. The Bertz CT molecular complexity index is 837. The Labute approximate surface area is 178 Å². The van der Waals surface area contributed by atoms with Gasteiger partial charge in [0, 0.05) is 49.8 Å². The van der Waals surface area contributed by atoms with Gasteiger partial charge in [-0.25, -0.2) is 0 Å². The summed E-state index contributed by atoms with van der Waals surface area (Å²) in [7, 11) is 1.66. The van der Waals surface area contributed by atoms with Gasteiger partial charge in [-0.15, -0.1) is 0 Å². The van der Waals surface area contributed by atoms with E-state index in [1.165, 1.54) is 0 Å². The molecule has 0 radical (unpaired) electrons. The van der Waals surface area contributed by atoms with Crippen molar-refractivity contribution in [3.05, 3.63) is 24.3 Å². The van der Waals surface area contributed by atoms with E-state index in [-0.39, 0.29) is 23.7 Å². The van der Waals surface area contributed by atoms with Crippen LogP contribution >= 0.6 is 0 Å². The van der Waals surface area contributed by atoms with E-state index in [1.807, 2.05) is 23.1 Å². The number of carbonyl (C=O) groups excluding carboxylic acids is 2. The zero-order valence-corrected chi connectivity index (χ0v) is 17.6. The van der Waals surface area contributed by atoms with Crippen LogP contribution in [0.25, 0.3) is 0 Å². The maximum absolute atomic E-state index is 13.3. The number of nitriles is 1. The number of amides is 2. The Balaban J connectivity index is 1.37. The van der Waals surface area contributed by atoms with Gasteiger partial charge in [0.2, 0.25) is 11.8 Å². The second-order valence-electron chi connectivity index (χ2n) is 8.69. The third kappa shape index (κ3) is 4.23. The molecule has 0 aromatic heterocycles. The predicted molar refractivity (Wildman–Crippen MR) is 113 cm³/mol. The first-order chi connectivity index (χ1) is 14.5. The SMILES string of the molecule is COc1cccc(N2CCN(C(=O)C3CCCC[C@H]3C(=O)NC3(C#N)CC3)CC2)c1. The van der Waals surface area contributed by atoms with E-state index in [0.717, 1.165) is 50.2 Å². The van der Waals surface area contributed by atoms with Crippen molar-refractivity contribution in [2.24, 2.45) is 11.8 Å². The van der Waals surface area contributed by atoms with Gasteiger partial charge in [-0.05, 0) is 37.8 Å². The molecule has 3 fully saturated rings. The molecule has 4 rings (SSSR count). The number of methoxy groups -OCH3 is 1. The summed E-state index contributed by atoms with van der Waals surface area (Å²) >= 11 is 0. The molecule has 1 aromatic carbocycles. The van der Waals surface area contributed by atoms with Gasteiger partial charge in [0.1, 0.15) is 11.3 Å². The van der Waals surface area contributed by atoms with Crippen LogP contribution < -0.4 is 15.0 Å². The topological polar surface area (TPSA) is 85.7 Å². The average Bonchev–Trinajstić information content (AvgIpc) is 3.58. The first-order valence-corrected chi connectivity index (χ1v) is 11.0. The fraction of sp³-hybridized carbons (Fsp3) is 0.609. The minimum absolute atomic E-state index is 0.0990. The van der Waals surface area contributed by atoms with Crippen LogP contribution in [-0.2, 0) is 9.59 Å². The number of hydrogen-bond acceptors (Lipinski definition) is 5. The Morgan fingerprint density at radius 2 is 1.83 bits per heavy atom. The molecule has 2 amide bonds. The highest BCUT2D eigenvalue weighted by molar-refractivity contribution is 5.89. The van der Waals surface area contributed by atoms with E-state index < -0.39 is 5.54 Å². The van der Waals surface area contributed by atoms with Gasteiger partial charge in [0.15, 0.2) is 0 Å². The van der Waals surface area contributed by atoms with Gasteiger partial charge in [-0.2, -0.15) is 5.26 Å². The van der Waals surface area contributed by atoms with Crippen LogP contribution in [0.3, 0.4) is 0 Å².